The second-order valence-electron chi connectivity index (χ2n) is 2.86. The van der Waals surface area contributed by atoms with Crippen molar-refractivity contribution in [3.63, 3.8) is 0 Å². The molecule has 3 nitrogen and oxygen atoms in total. The van der Waals surface area contributed by atoms with Crippen molar-refractivity contribution in [2.75, 3.05) is 6.54 Å². The summed E-state index contributed by atoms with van der Waals surface area (Å²) < 4.78 is 0. The van der Waals surface area contributed by atoms with Crippen LogP contribution in [0.1, 0.15) is 12.0 Å². The summed E-state index contributed by atoms with van der Waals surface area (Å²) in [5.74, 6) is 0. The van der Waals surface area contributed by atoms with E-state index in [9.17, 15) is 0 Å². The van der Waals surface area contributed by atoms with E-state index in [1.54, 1.807) is 0 Å². The van der Waals surface area contributed by atoms with Crippen LogP contribution in [0.3, 0.4) is 0 Å². The van der Waals surface area contributed by atoms with E-state index in [1.807, 2.05) is 30.3 Å². The summed E-state index contributed by atoms with van der Waals surface area (Å²) in [5.41, 5.74) is 7.23. The van der Waals surface area contributed by atoms with E-state index in [1.165, 1.54) is 5.56 Å². The largest absolute Gasteiger partial charge is 0.411 e. The van der Waals surface area contributed by atoms with E-state index in [-0.39, 0.29) is 0 Å². The van der Waals surface area contributed by atoms with Crippen LogP contribution in [-0.2, 0) is 6.42 Å². The Morgan fingerprint density at radius 2 is 2.00 bits per heavy atom. The molecule has 1 aromatic rings. The van der Waals surface area contributed by atoms with Crippen molar-refractivity contribution in [1.82, 2.24) is 0 Å². The number of oxime groups is 1. The number of nitrogens with two attached hydrogens (primary N) is 1. The smallest absolute Gasteiger partial charge is 0.0709 e. The average Bonchev–Trinajstić information content (AvgIpc) is 2.21. The number of hydrogen-bond donors (Lipinski definition) is 2. The van der Waals surface area contributed by atoms with Gasteiger partial charge in [0, 0.05) is 6.54 Å². The van der Waals surface area contributed by atoms with Gasteiger partial charge in [-0.1, -0.05) is 35.5 Å². The van der Waals surface area contributed by atoms with Crippen molar-refractivity contribution in [1.29, 1.82) is 0 Å². The molecule has 0 fully saturated rings. The molecule has 0 saturated heterocycles. The van der Waals surface area contributed by atoms with Gasteiger partial charge < -0.3 is 10.9 Å². The zero-order valence-corrected chi connectivity index (χ0v) is 7.48. The zero-order chi connectivity index (χ0) is 9.52. The molecule has 70 valence electrons. The lowest BCUT2D eigenvalue weighted by Crippen LogP contribution is -2.14. The summed E-state index contributed by atoms with van der Waals surface area (Å²) in [6.45, 7) is 0.323. The molecule has 1 rings (SSSR count). The minimum absolute atomic E-state index is 0.323. The van der Waals surface area contributed by atoms with Gasteiger partial charge in [-0.15, -0.1) is 0 Å². The van der Waals surface area contributed by atoms with Crippen LogP contribution in [0.2, 0.25) is 0 Å². The molecule has 0 aliphatic heterocycles. The number of benzene rings is 1. The van der Waals surface area contributed by atoms with Gasteiger partial charge in [-0.05, 0) is 18.4 Å². The summed E-state index contributed by atoms with van der Waals surface area (Å²) in [4.78, 5) is 0. The Morgan fingerprint density at radius 3 is 2.54 bits per heavy atom. The molecule has 0 heterocycles. The third-order valence-electron chi connectivity index (χ3n) is 1.92. The lowest BCUT2D eigenvalue weighted by molar-refractivity contribution is 0.317. The fraction of sp³-hybridized carbons (Fsp3) is 0.300. The lowest BCUT2D eigenvalue weighted by Gasteiger charge is -2.01. The van der Waals surface area contributed by atoms with Gasteiger partial charge in [0.2, 0.25) is 0 Å². The van der Waals surface area contributed by atoms with E-state index >= 15 is 0 Å². The Hall–Kier alpha value is -1.35. The highest BCUT2D eigenvalue weighted by atomic mass is 16.4. The summed E-state index contributed by atoms with van der Waals surface area (Å²) in [6.07, 6.45) is 1.59. The van der Waals surface area contributed by atoms with Gasteiger partial charge in [0.05, 0.1) is 5.71 Å². The van der Waals surface area contributed by atoms with Crippen molar-refractivity contribution in [2.24, 2.45) is 10.9 Å². The Bertz CT molecular complexity index is 270. The van der Waals surface area contributed by atoms with Gasteiger partial charge in [0.15, 0.2) is 0 Å². The maximum Gasteiger partial charge on any atom is 0.0709 e. The normalized spacial score (nSPS) is 11.6. The van der Waals surface area contributed by atoms with Crippen molar-refractivity contribution in [3.8, 4) is 0 Å². The second kappa shape index (κ2) is 5.32. The van der Waals surface area contributed by atoms with Crippen LogP contribution in [0.5, 0.6) is 0 Å². The molecule has 0 aliphatic rings. The predicted molar refractivity (Wildman–Crippen MR) is 53.0 cm³/mol. The number of aryl methyl sites for hydroxylation is 1. The Labute approximate surface area is 77.9 Å². The number of nitrogens with zero attached hydrogens (tertiary/aromatic N) is 1. The quantitative estimate of drug-likeness (QED) is 0.416. The van der Waals surface area contributed by atoms with Gasteiger partial charge in [-0.2, -0.15) is 0 Å². The maximum absolute atomic E-state index is 8.51. The fourth-order valence-electron chi connectivity index (χ4n) is 1.13. The zero-order valence-electron chi connectivity index (χ0n) is 7.48. The first-order valence-corrected chi connectivity index (χ1v) is 4.30. The lowest BCUT2D eigenvalue weighted by atomic mass is 10.1. The van der Waals surface area contributed by atoms with Crippen molar-refractivity contribution in [2.45, 2.75) is 12.8 Å². The van der Waals surface area contributed by atoms with Crippen LogP contribution in [0.15, 0.2) is 35.5 Å². The van der Waals surface area contributed by atoms with Gasteiger partial charge in [0.1, 0.15) is 0 Å². The van der Waals surface area contributed by atoms with E-state index in [0.717, 1.165) is 12.8 Å². The molecule has 0 bridgehead atoms. The molecule has 0 saturated carbocycles. The summed E-state index contributed by atoms with van der Waals surface area (Å²) in [5, 5.41) is 11.6. The van der Waals surface area contributed by atoms with Gasteiger partial charge in [-0.25, -0.2) is 0 Å². The van der Waals surface area contributed by atoms with Crippen molar-refractivity contribution >= 4 is 5.71 Å². The first kappa shape index (κ1) is 9.74. The second-order valence-corrected chi connectivity index (χ2v) is 2.86. The highest BCUT2D eigenvalue weighted by molar-refractivity contribution is 5.85. The van der Waals surface area contributed by atoms with E-state index in [2.05, 4.69) is 5.16 Å². The molecule has 0 aliphatic carbocycles. The van der Waals surface area contributed by atoms with Crippen LogP contribution in [0.4, 0.5) is 0 Å². The van der Waals surface area contributed by atoms with Crippen LogP contribution >= 0.6 is 0 Å². The van der Waals surface area contributed by atoms with E-state index < -0.39 is 0 Å². The highest BCUT2D eigenvalue weighted by Crippen LogP contribution is 2.02. The molecule has 0 spiro atoms. The fourth-order valence-corrected chi connectivity index (χ4v) is 1.13. The maximum atomic E-state index is 8.51. The summed E-state index contributed by atoms with van der Waals surface area (Å²) in [7, 11) is 0. The van der Waals surface area contributed by atoms with Gasteiger partial charge in [-0.3, -0.25) is 0 Å². The third-order valence-corrected chi connectivity index (χ3v) is 1.92. The Morgan fingerprint density at radius 1 is 1.31 bits per heavy atom. The first-order valence-electron chi connectivity index (χ1n) is 4.30. The van der Waals surface area contributed by atoms with Crippen molar-refractivity contribution in [3.05, 3.63) is 35.9 Å². The molecule has 13 heavy (non-hydrogen) atoms. The average molecular weight is 178 g/mol. The third kappa shape index (κ3) is 3.25. The minimum Gasteiger partial charge on any atom is -0.411 e. The molecule has 3 N–H and O–H groups in total. The molecule has 0 amide bonds. The molecule has 0 radical (unpaired) electrons. The van der Waals surface area contributed by atoms with Crippen molar-refractivity contribution < 1.29 is 5.21 Å². The van der Waals surface area contributed by atoms with E-state index in [0.29, 0.717) is 12.3 Å². The number of rotatable bonds is 4. The molecule has 3 heteroatoms. The van der Waals surface area contributed by atoms with Crippen LogP contribution in [0, 0.1) is 0 Å². The molecule has 1 aromatic carbocycles. The molecule has 0 unspecified atom stereocenters. The topological polar surface area (TPSA) is 58.6 Å². The standard InChI is InChI=1S/C10H14N2O/c11-8-10(12-13)7-6-9-4-2-1-3-5-9/h1-5,13H,6-8,11H2. The van der Waals surface area contributed by atoms with Gasteiger partial charge >= 0.3 is 0 Å². The molecule has 0 aromatic heterocycles. The van der Waals surface area contributed by atoms with Crippen LogP contribution < -0.4 is 5.73 Å². The summed E-state index contributed by atoms with van der Waals surface area (Å²) in [6, 6.07) is 10.1. The first-order chi connectivity index (χ1) is 6.36. The SMILES string of the molecule is NCC(CCc1ccccc1)=NO. The molecular formula is C10H14N2O. The van der Waals surface area contributed by atoms with Gasteiger partial charge in [0.25, 0.3) is 0 Å². The number of hydrogen-bond acceptors (Lipinski definition) is 3. The highest BCUT2D eigenvalue weighted by Gasteiger charge is 1.97. The predicted octanol–water partition coefficient (Wildman–Crippen LogP) is 1.41. The molecular weight excluding hydrogens is 164 g/mol. The van der Waals surface area contributed by atoms with Crippen LogP contribution in [0.25, 0.3) is 0 Å². The van der Waals surface area contributed by atoms with Crippen LogP contribution in [-0.4, -0.2) is 17.5 Å². The molecule has 0 atom stereocenters. The van der Waals surface area contributed by atoms with E-state index in [4.69, 9.17) is 10.9 Å². The Kier molecular flexibility index (Phi) is 3.99. The minimum atomic E-state index is 0.323. The Balaban J connectivity index is 2.43. The summed E-state index contributed by atoms with van der Waals surface area (Å²) >= 11 is 0. The monoisotopic (exact) mass is 178 g/mol.